The van der Waals surface area contributed by atoms with Crippen LogP contribution >= 0.6 is 18.9 Å². The molecule has 13 heteroatoms. The molecule has 0 bridgehead atoms. The standard InChI is InChI=1S/C20H22N7O4PS/c1-4-31-32(29,30-3)13-27-10-14(9-22-27)20-24-17(12-33-20)19(28)23-16-11-26(2)25-18(16)15-7-5-6-8-21-15/h5-12H,4,13H2,1-3H3,(H,23,28). The number of anilines is 1. The molecule has 4 heterocycles. The Balaban J connectivity index is 1.49. The molecular formula is C20H22N7O4PS. The van der Waals surface area contributed by atoms with Crippen LogP contribution in [0.2, 0.25) is 0 Å². The number of hydrogen-bond donors (Lipinski definition) is 1. The maximum absolute atomic E-state index is 12.8. The first-order chi connectivity index (χ1) is 15.9. The van der Waals surface area contributed by atoms with E-state index >= 15 is 0 Å². The fraction of sp³-hybridized carbons (Fsp3) is 0.250. The van der Waals surface area contributed by atoms with Gasteiger partial charge in [0.2, 0.25) is 0 Å². The predicted octanol–water partition coefficient (Wildman–Crippen LogP) is 3.89. The second kappa shape index (κ2) is 9.75. The third-order valence-electron chi connectivity index (χ3n) is 4.52. The molecule has 0 aliphatic heterocycles. The monoisotopic (exact) mass is 487 g/mol. The van der Waals surface area contributed by atoms with Crippen LogP contribution in [0.3, 0.4) is 0 Å². The molecule has 1 N–H and O–H groups in total. The highest BCUT2D eigenvalue weighted by Crippen LogP contribution is 2.48. The lowest BCUT2D eigenvalue weighted by atomic mass is 10.2. The van der Waals surface area contributed by atoms with E-state index in [1.165, 1.54) is 23.1 Å². The third kappa shape index (κ3) is 5.25. The van der Waals surface area contributed by atoms with Crippen LogP contribution in [-0.4, -0.2) is 49.2 Å². The number of amides is 1. The summed E-state index contributed by atoms with van der Waals surface area (Å²) < 4.78 is 25.9. The number of aromatic nitrogens is 6. The number of pyridine rings is 1. The van der Waals surface area contributed by atoms with Crippen molar-refractivity contribution in [3.8, 4) is 22.0 Å². The van der Waals surface area contributed by atoms with Crippen LogP contribution in [-0.2, 0) is 26.9 Å². The van der Waals surface area contributed by atoms with Crippen molar-refractivity contribution in [1.29, 1.82) is 0 Å². The molecule has 11 nitrogen and oxygen atoms in total. The summed E-state index contributed by atoms with van der Waals surface area (Å²) in [6, 6.07) is 5.49. The first-order valence-corrected chi connectivity index (χ1v) is 12.6. The summed E-state index contributed by atoms with van der Waals surface area (Å²) >= 11 is 1.30. The molecule has 33 heavy (non-hydrogen) atoms. The number of nitrogens with zero attached hydrogens (tertiary/aromatic N) is 6. The van der Waals surface area contributed by atoms with Crippen molar-refractivity contribution < 1.29 is 18.4 Å². The van der Waals surface area contributed by atoms with Crippen LogP contribution in [0.5, 0.6) is 0 Å². The van der Waals surface area contributed by atoms with E-state index in [4.69, 9.17) is 9.05 Å². The van der Waals surface area contributed by atoms with E-state index in [1.807, 2.05) is 18.2 Å². The zero-order valence-corrected chi connectivity index (χ0v) is 19.9. The van der Waals surface area contributed by atoms with Crippen LogP contribution in [0.15, 0.2) is 48.4 Å². The predicted molar refractivity (Wildman–Crippen MR) is 124 cm³/mol. The zero-order valence-electron chi connectivity index (χ0n) is 18.2. The van der Waals surface area contributed by atoms with Crippen LogP contribution < -0.4 is 5.32 Å². The maximum atomic E-state index is 12.8. The molecule has 1 atom stereocenters. The highest BCUT2D eigenvalue weighted by atomic mass is 32.1. The van der Waals surface area contributed by atoms with E-state index in [2.05, 4.69) is 25.5 Å². The third-order valence-corrected chi connectivity index (χ3v) is 7.26. The van der Waals surface area contributed by atoms with Gasteiger partial charge in [-0.05, 0) is 19.1 Å². The van der Waals surface area contributed by atoms with Crippen molar-refractivity contribution >= 4 is 30.5 Å². The smallest absolute Gasteiger partial charge is 0.317 e. The summed E-state index contributed by atoms with van der Waals surface area (Å²) in [5.74, 6) is -0.365. The molecule has 0 aliphatic carbocycles. The number of aryl methyl sites for hydroxylation is 1. The highest BCUT2D eigenvalue weighted by molar-refractivity contribution is 7.52. The van der Waals surface area contributed by atoms with Crippen LogP contribution in [0.25, 0.3) is 22.0 Å². The van der Waals surface area contributed by atoms with Gasteiger partial charge in [-0.2, -0.15) is 10.2 Å². The minimum Gasteiger partial charge on any atom is -0.317 e. The van der Waals surface area contributed by atoms with Gasteiger partial charge in [0.05, 0.1) is 24.2 Å². The molecule has 0 saturated carbocycles. The fourth-order valence-electron chi connectivity index (χ4n) is 3.05. The van der Waals surface area contributed by atoms with Crippen molar-refractivity contribution in [2.24, 2.45) is 7.05 Å². The van der Waals surface area contributed by atoms with Gasteiger partial charge in [0.15, 0.2) is 0 Å². The van der Waals surface area contributed by atoms with Crippen molar-refractivity contribution in [1.82, 2.24) is 29.5 Å². The number of thiazole rings is 1. The van der Waals surface area contributed by atoms with Gasteiger partial charge in [-0.15, -0.1) is 11.3 Å². The van der Waals surface area contributed by atoms with Gasteiger partial charge in [-0.1, -0.05) is 6.07 Å². The number of carbonyl (C=O) groups excluding carboxylic acids is 1. The van der Waals surface area contributed by atoms with Crippen LogP contribution in [0.1, 0.15) is 17.4 Å². The highest BCUT2D eigenvalue weighted by Gasteiger charge is 2.24. The van der Waals surface area contributed by atoms with Gasteiger partial charge in [0.25, 0.3) is 5.91 Å². The quantitative estimate of drug-likeness (QED) is 0.353. The van der Waals surface area contributed by atoms with E-state index in [0.29, 0.717) is 27.6 Å². The molecule has 172 valence electrons. The first-order valence-electron chi connectivity index (χ1n) is 9.95. The number of carbonyl (C=O) groups is 1. The van der Waals surface area contributed by atoms with E-state index in [0.717, 1.165) is 0 Å². The van der Waals surface area contributed by atoms with Gasteiger partial charge >= 0.3 is 7.60 Å². The average Bonchev–Trinajstić information content (AvgIpc) is 3.54. The molecular weight excluding hydrogens is 465 g/mol. The summed E-state index contributed by atoms with van der Waals surface area (Å²) in [7, 11) is -0.158. The Morgan fingerprint density at radius 1 is 1.30 bits per heavy atom. The Bertz CT molecular complexity index is 1300. The molecule has 4 rings (SSSR count). The van der Waals surface area contributed by atoms with Gasteiger partial charge in [-0.3, -0.25) is 23.7 Å². The summed E-state index contributed by atoms with van der Waals surface area (Å²) in [5, 5.41) is 13.7. The molecule has 1 amide bonds. The largest absolute Gasteiger partial charge is 0.351 e. The van der Waals surface area contributed by atoms with Crippen molar-refractivity contribution in [3.05, 3.63) is 54.1 Å². The fourth-order valence-corrected chi connectivity index (χ4v) is 5.03. The Labute approximate surface area is 193 Å². The van der Waals surface area contributed by atoms with Crippen LogP contribution in [0.4, 0.5) is 5.69 Å². The van der Waals surface area contributed by atoms with E-state index in [-0.39, 0.29) is 24.5 Å². The summed E-state index contributed by atoms with van der Waals surface area (Å²) in [6.07, 6.45) is 6.64. The normalized spacial score (nSPS) is 13.1. The molecule has 0 saturated heterocycles. The van der Waals surface area contributed by atoms with Crippen LogP contribution in [0, 0.1) is 0 Å². The SMILES string of the molecule is CCOP(=O)(Cn1cc(-c2nc(C(=O)Nc3cn(C)nc3-c3ccccn3)cs2)cn1)OC. The Kier molecular flexibility index (Phi) is 6.80. The maximum Gasteiger partial charge on any atom is 0.351 e. The number of rotatable bonds is 9. The zero-order chi connectivity index (χ0) is 23.4. The molecule has 4 aromatic heterocycles. The summed E-state index contributed by atoms with van der Waals surface area (Å²) in [5.41, 5.74) is 2.71. The first kappa shape index (κ1) is 23.0. The van der Waals surface area contributed by atoms with Gasteiger partial charge in [0.1, 0.15) is 22.7 Å². The molecule has 4 aromatic rings. The van der Waals surface area contributed by atoms with E-state index < -0.39 is 7.60 Å². The lowest BCUT2D eigenvalue weighted by molar-refractivity contribution is 0.102. The van der Waals surface area contributed by atoms with Gasteiger partial charge < -0.3 is 14.4 Å². The summed E-state index contributed by atoms with van der Waals surface area (Å²) in [6.45, 7) is 2.01. The van der Waals surface area contributed by atoms with Gasteiger partial charge in [-0.25, -0.2) is 4.98 Å². The minimum atomic E-state index is -3.27. The minimum absolute atomic E-state index is 0.0205. The van der Waals surface area contributed by atoms with Crippen molar-refractivity contribution in [2.45, 2.75) is 13.2 Å². The molecule has 0 aromatic carbocycles. The van der Waals surface area contributed by atoms with E-state index in [9.17, 15) is 9.36 Å². The van der Waals surface area contributed by atoms with E-state index in [1.54, 1.807) is 48.8 Å². The lowest BCUT2D eigenvalue weighted by Gasteiger charge is -2.14. The number of hydrogen-bond acceptors (Lipinski definition) is 9. The average molecular weight is 487 g/mol. The molecule has 0 radical (unpaired) electrons. The number of nitrogens with one attached hydrogen (secondary N) is 1. The van der Waals surface area contributed by atoms with Crippen molar-refractivity contribution in [2.75, 3.05) is 19.0 Å². The second-order valence-corrected chi connectivity index (χ2v) is 9.88. The second-order valence-electron chi connectivity index (χ2n) is 6.89. The molecule has 0 aliphatic rings. The molecule has 0 spiro atoms. The Morgan fingerprint density at radius 2 is 2.15 bits per heavy atom. The Morgan fingerprint density at radius 3 is 2.88 bits per heavy atom. The topological polar surface area (TPSA) is 126 Å². The molecule has 1 unspecified atom stereocenters. The lowest BCUT2D eigenvalue weighted by Crippen LogP contribution is -2.12. The van der Waals surface area contributed by atoms with Crippen molar-refractivity contribution in [3.63, 3.8) is 0 Å². The van der Waals surface area contributed by atoms with Gasteiger partial charge in [0, 0.05) is 43.7 Å². The Hall–Kier alpha value is -3.18. The molecule has 0 fully saturated rings. The summed E-state index contributed by atoms with van der Waals surface area (Å²) in [4.78, 5) is 21.6.